The first-order valence-electron chi connectivity index (χ1n) is 12.6. The second-order valence-electron chi connectivity index (χ2n) is 9.49. The van der Waals surface area contributed by atoms with Crippen molar-refractivity contribution in [2.45, 2.75) is 64.7 Å². The highest BCUT2D eigenvalue weighted by Gasteiger charge is 2.42. The highest BCUT2D eigenvalue weighted by molar-refractivity contribution is 7.14. The van der Waals surface area contributed by atoms with E-state index in [1.807, 2.05) is 35.7 Å². The number of benzene rings is 1. The molecule has 7 heteroatoms. The Bertz CT molecular complexity index is 974. The molecule has 2 saturated carbocycles. The molecule has 0 aliphatic heterocycles. The lowest BCUT2D eigenvalue weighted by atomic mass is 9.67. The van der Waals surface area contributed by atoms with Gasteiger partial charge in [-0.25, -0.2) is 4.98 Å². The average molecular weight is 483 g/mol. The predicted molar refractivity (Wildman–Crippen MR) is 134 cm³/mol. The summed E-state index contributed by atoms with van der Waals surface area (Å²) < 4.78 is 5.50. The Labute approximate surface area is 205 Å². The second kappa shape index (κ2) is 11.7. The van der Waals surface area contributed by atoms with Crippen LogP contribution in [0, 0.1) is 17.8 Å². The van der Waals surface area contributed by atoms with Crippen molar-refractivity contribution in [2.24, 2.45) is 17.8 Å². The molecule has 2 fully saturated rings. The minimum atomic E-state index is -0.340. The van der Waals surface area contributed by atoms with Gasteiger partial charge in [-0.2, -0.15) is 0 Å². The Morgan fingerprint density at radius 3 is 2.53 bits per heavy atom. The molecule has 2 aliphatic carbocycles. The van der Waals surface area contributed by atoms with Gasteiger partial charge in [0.25, 0.3) is 5.91 Å². The van der Waals surface area contributed by atoms with Gasteiger partial charge in [0.1, 0.15) is 5.78 Å². The SMILES string of the molecule is CCCCCCN(C(=O)COC(=O)C1CC2CCCC(C1)C2=O)c1nc(-c2ccccc2)cs1. The van der Waals surface area contributed by atoms with E-state index in [0.29, 0.717) is 30.3 Å². The Hall–Kier alpha value is -2.54. The number of carbonyl (C=O) groups is 3. The molecule has 0 N–H and O–H groups in total. The van der Waals surface area contributed by atoms with E-state index in [9.17, 15) is 14.4 Å². The summed E-state index contributed by atoms with van der Waals surface area (Å²) in [5, 5.41) is 2.59. The highest BCUT2D eigenvalue weighted by atomic mass is 32.1. The van der Waals surface area contributed by atoms with Crippen LogP contribution in [0.2, 0.25) is 0 Å². The summed E-state index contributed by atoms with van der Waals surface area (Å²) in [6, 6.07) is 9.89. The molecule has 2 aliphatic rings. The fourth-order valence-corrected chi connectivity index (χ4v) is 6.03. The maximum Gasteiger partial charge on any atom is 0.309 e. The van der Waals surface area contributed by atoms with Crippen molar-refractivity contribution in [3.05, 3.63) is 35.7 Å². The molecule has 2 unspecified atom stereocenters. The summed E-state index contributed by atoms with van der Waals surface area (Å²) in [6.07, 6.45) is 8.09. The zero-order valence-corrected chi connectivity index (χ0v) is 20.7. The quantitative estimate of drug-likeness (QED) is 0.322. The van der Waals surface area contributed by atoms with E-state index in [2.05, 4.69) is 6.92 Å². The third-order valence-corrected chi connectivity index (χ3v) is 7.91. The number of thiazole rings is 1. The maximum absolute atomic E-state index is 13.1. The first-order valence-corrected chi connectivity index (χ1v) is 13.5. The van der Waals surface area contributed by atoms with Gasteiger partial charge in [0, 0.05) is 29.3 Å². The maximum atomic E-state index is 13.1. The van der Waals surface area contributed by atoms with Crippen LogP contribution in [0.1, 0.15) is 64.7 Å². The number of Topliss-reactive ketones (excluding diaryl/α,β-unsaturated/α-hetero) is 1. The Kier molecular flexibility index (Phi) is 8.48. The number of ketones is 1. The fraction of sp³-hybridized carbons (Fsp3) is 0.556. The molecule has 182 valence electrons. The highest BCUT2D eigenvalue weighted by Crippen LogP contribution is 2.40. The van der Waals surface area contributed by atoms with Gasteiger partial charge in [-0.1, -0.05) is 62.9 Å². The summed E-state index contributed by atoms with van der Waals surface area (Å²) in [6.45, 7) is 2.43. The summed E-state index contributed by atoms with van der Waals surface area (Å²) in [5.74, 6) is -0.560. The molecule has 4 rings (SSSR count). The standard InChI is InChI=1S/C27H34N2O4S/c1-2-3-4-8-14-29(27-28-23(18-34-27)19-10-6-5-7-11-19)24(30)17-33-26(32)22-15-20-12-9-13-21(16-22)25(20)31/h5-7,10-11,18,20-22H,2-4,8-9,12-17H2,1H3. The van der Waals surface area contributed by atoms with Crippen LogP contribution in [-0.4, -0.2) is 35.8 Å². The molecule has 1 aromatic heterocycles. The van der Waals surface area contributed by atoms with E-state index in [1.54, 1.807) is 4.90 Å². The van der Waals surface area contributed by atoms with Crippen LogP contribution < -0.4 is 4.90 Å². The second-order valence-corrected chi connectivity index (χ2v) is 10.3. The smallest absolute Gasteiger partial charge is 0.309 e. The minimum absolute atomic E-state index is 0.0115. The molecular weight excluding hydrogens is 448 g/mol. The fourth-order valence-electron chi connectivity index (χ4n) is 5.15. The van der Waals surface area contributed by atoms with Gasteiger partial charge < -0.3 is 4.74 Å². The molecule has 2 bridgehead atoms. The number of nitrogens with zero attached hydrogens (tertiary/aromatic N) is 2. The average Bonchev–Trinajstić information content (AvgIpc) is 3.33. The molecule has 0 saturated heterocycles. The molecule has 6 nitrogen and oxygen atoms in total. The molecule has 2 aromatic rings. The van der Waals surface area contributed by atoms with E-state index in [1.165, 1.54) is 11.3 Å². The van der Waals surface area contributed by atoms with Gasteiger partial charge in [-0.3, -0.25) is 19.3 Å². The lowest BCUT2D eigenvalue weighted by molar-refractivity contribution is -0.156. The number of fused-ring (bicyclic) bond motifs is 2. The number of esters is 1. The molecule has 2 atom stereocenters. The lowest BCUT2D eigenvalue weighted by Gasteiger charge is -2.36. The number of unbranched alkanes of at least 4 members (excludes halogenated alkanes) is 3. The Morgan fingerprint density at radius 2 is 1.82 bits per heavy atom. The number of hydrogen-bond donors (Lipinski definition) is 0. The largest absolute Gasteiger partial charge is 0.455 e. The molecule has 34 heavy (non-hydrogen) atoms. The molecule has 1 heterocycles. The number of carbonyl (C=O) groups excluding carboxylic acids is 3. The molecular formula is C27H34N2O4S. The molecule has 1 aromatic carbocycles. The summed E-state index contributed by atoms with van der Waals surface area (Å²) >= 11 is 1.43. The van der Waals surface area contributed by atoms with Gasteiger partial charge in [-0.15, -0.1) is 11.3 Å². The van der Waals surface area contributed by atoms with Crippen molar-refractivity contribution in [3.63, 3.8) is 0 Å². The van der Waals surface area contributed by atoms with Crippen LogP contribution in [0.3, 0.4) is 0 Å². The Balaban J connectivity index is 1.39. The van der Waals surface area contributed by atoms with Crippen LogP contribution in [0.5, 0.6) is 0 Å². The zero-order chi connectivity index (χ0) is 23.9. The summed E-state index contributed by atoms with van der Waals surface area (Å²) in [5.41, 5.74) is 1.84. The van der Waals surface area contributed by atoms with E-state index in [0.717, 1.165) is 56.2 Å². The van der Waals surface area contributed by atoms with Crippen molar-refractivity contribution in [2.75, 3.05) is 18.1 Å². The number of aromatic nitrogens is 1. The number of amides is 1. The molecule has 0 radical (unpaired) electrons. The van der Waals surface area contributed by atoms with Crippen molar-refractivity contribution in [1.82, 2.24) is 4.98 Å². The zero-order valence-electron chi connectivity index (χ0n) is 19.9. The van der Waals surface area contributed by atoms with E-state index >= 15 is 0 Å². The van der Waals surface area contributed by atoms with Gasteiger partial charge in [0.2, 0.25) is 0 Å². The number of ether oxygens (including phenoxy) is 1. The first kappa shape index (κ1) is 24.6. The van der Waals surface area contributed by atoms with Crippen LogP contribution in [0.25, 0.3) is 11.3 Å². The van der Waals surface area contributed by atoms with E-state index < -0.39 is 0 Å². The number of anilines is 1. The van der Waals surface area contributed by atoms with Crippen LogP contribution in [-0.2, 0) is 19.1 Å². The monoisotopic (exact) mass is 482 g/mol. The third kappa shape index (κ3) is 5.93. The normalized spacial score (nSPS) is 21.8. The van der Waals surface area contributed by atoms with Gasteiger partial charge in [0.05, 0.1) is 11.6 Å². The molecule has 1 amide bonds. The van der Waals surface area contributed by atoms with Crippen molar-refractivity contribution in [1.29, 1.82) is 0 Å². The number of rotatable bonds is 10. The van der Waals surface area contributed by atoms with Gasteiger partial charge in [-0.05, 0) is 32.1 Å². The third-order valence-electron chi connectivity index (χ3n) is 7.05. The van der Waals surface area contributed by atoms with E-state index in [-0.39, 0.29) is 36.2 Å². The van der Waals surface area contributed by atoms with Crippen molar-refractivity contribution >= 4 is 34.1 Å². The summed E-state index contributed by atoms with van der Waals surface area (Å²) in [4.78, 5) is 44.6. The lowest BCUT2D eigenvalue weighted by Crippen LogP contribution is -2.41. The number of hydrogen-bond acceptors (Lipinski definition) is 6. The van der Waals surface area contributed by atoms with Crippen molar-refractivity contribution in [3.8, 4) is 11.3 Å². The van der Waals surface area contributed by atoms with Gasteiger partial charge >= 0.3 is 5.97 Å². The topological polar surface area (TPSA) is 76.6 Å². The summed E-state index contributed by atoms with van der Waals surface area (Å²) in [7, 11) is 0. The predicted octanol–water partition coefficient (Wildman–Crippen LogP) is 5.66. The first-order chi connectivity index (χ1) is 16.6. The van der Waals surface area contributed by atoms with Crippen LogP contribution in [0.4, 0.5) is 5.13 Å². The minimum Gasteiger partial charge on any atom is -0.455 e. The van der Waals surface area contributed by atoms with Crippen molar-refractivity contribution < 1.29 is 19.1 Å². The van der Waals surface area contributed by atoms with Gasteiger partial charge in [0.15, 0.2) is 11.7 Å². The van der Waals surface area contributed by atoms with Crippen LogP contribution in [0.15, 0.2) is 35.7 Å². The van der Waals surface area contributed by atoms with Crippen LogP contribution >= 0.6 is 11.3 Å². The molecule has 0 spiro atoms. The van der Waals surface area contributed by atoms with E-state index in [4.69, 9.17) is 9.72 Å². The Morgan fingerprint density at radius 1 is 1.09 bits per heavy atom.